The number of nitrogens with two attached hydrogens (primary N) is 1. The van der Waals surface area contributed by atoms with Gasteiger partial charge in [0, 0.05) is 37.8 Å². The molecule has 2 unspecified atom stereocenters. The lowest BCUT2D eigenvalue weighted by atomic mass is 9.94. The van der Waals surface area contributed by atoms with Crippen LogP contribution in [0.1, 0.15) is 135 Å². The number of nitriles is 2. The molecule has 0 saturated carbocycles. The topological polar surface area (TPSA) is 217 Å². The highest BCUT2D eigenvalue weighted by Crippen LogP contribution is 2.45. The summed E-state index contributed by atoms with van der Waals surface area (Å²) in [6, 6.07) is 10.8. The van der Waals surface area contributed by atoms with Crippen LogP contribution < -0.4 is 10.5 Å². The summed E-state index contributed by atoms with van der Waals surface area (Å²) < 4.78 is 62.9. The number of fused-ring (bicyclic) bond motifs is 1. The van der Waals surface area contributed by atoms with E-state index >= 15 is 0 Å². The molecule has 3 aromatic rings. The summed E-state index contributed by atoms with van der Waals surface area (Å²) in [5, 5.41) is 34.5. The van der Waals surface area contributed by atoms with Crippen molar-refractivity contribution in [1.29, 1.82) is 10.5 Å². The number of hydrogen-bond donors (Lipinski definition) is 3. The lowest BCUT2D eigenvalue weighted by molar-refractivity contribution is -0.244. The van der Waals surface area contributed by atoms with E-state index in [1.54, 1.807) is 12.1 Å². The number of aromatic nitrogens is 3. The van der Waals surface area contributed by atoms with Gasteiger partial charge in [0.25, 0.3) is 0 Å². The summed E-state index contributed by atoms with van der Waals surface area (Å²) in [4.78, 5) is 14.8. The van der Waals surface area contributed by atoms with Gasteiger partial charge in [0.1, 0.15) is 42.2 Å². The summed E-state index contributed by atoms with van der Waals surface area (Å²) in [5.74, 6) is -2.71. The number of phosphoric acid groups is 1. The summed E-state index contributed by atoms with van der Waals surface area (Å²) in [6.45, 7) is 4.25. The molecule has 340 valence electrons. The van der Waals surface area contributed by atoms with Gasteiger partial charge in [0.15, 0.2) is 11.6 Å². The molecule has 0 radical (unpaired) electrons. The molecule has 0 amide bonds. The molecule has 4 N–H and O–H groups in total. The maximum absolute atomic E-state index is 14.1. The normalized spacial score (nSPS) is 14.8. The minimum atomic E-state index is -4.88. The highest BCUT2D eigenvalue weighted by Gasteiger charge is 2.46. The maximum Gasteiger partial charge on any atom is 0.472 e. The second kappa shape index (κ2) is 27.4. The Morgan fingerprint density at radius 2 is 1.52 bits per heavy atom. The SMILES string of the molecule is CCCCCCCCCCCCCCCCCCOCC(COc1cc(F)cc(C#N)c1)COP(=O)(O)OC[C@@](C#N)(OC)[C@H](Cc1ccc2c(N)ncnn12)OC(C)(C)O. The van der Waals surface area contributed by atoms with E-state index in [9.17, 15) is 29.5 Å². The van der Waals surface area contributed by atoms with Gasteiger partial charge in [-0.25, -0.2) is 18.5 Å². The van der Waals surface area contributed by atoms with Gasteiger partial charge in [-0.2, -0.15) is 15.6 Å². The van der Waals surface area contributed by atoms with Gasteiger partial charge in [-0.3, -0.25) is 9.05 Å². The minimum absolute atomic E-state index is 0.0697. The van der Waals surface area contributed by atoms with Crippen LogP contribution in [0.25, 0.3) is 5.52 Å². The molecule has 2 heterocycles. The first-order valence-corrected chi connectivity index (χ1v) is 23.2. The zero-order valence-electron chi connectivity index (χ0n) is 36.6. The molecular weight excluding hydrogens is 806 g/mol. The number of nitrogens with zero attached hydrogens (tertiary/aromatic N) is 5. The first-order valence-electron chi connectivity index (χ1n) is 21.7. The number of phosphoric ester groups is 1. The molecule has 0 bridgehead atoms. The Morgan fingerprint density at radius 1 is 0.902 bits per heavy atom. The summed E-state index contributed by atoms with van der Waals surface area (Å²) >= 11 is 0. The summed E-state index contributed by atoms with van der Waals surface area (Å²) in [6.07, 6.45) is 20.0. The Hall–Kier alpha value is -3.70. The van der Waals surface area contributed by atoms with Crippen LogP contribution in [-0.2, 0) is 34.2 Å². The molecule has 4 atom stereocenters. The largest absolute Gasteiger partial charge is 0.493 e. The molecule has 0 spiro atoms. The van der Waals surface area contributed by atoms with E-state index in [-0.39, 0.29) is 43.4 Å². The van der Waals surface area contributed by atoms with E-state index in [0.29, 0.717) is 17.8 Å². The number of unbranched alkanes of at least 4 members (excludes halogenated alkanes) is 15. The predicted octanol–water partition coefficient (Wildman–Crippen LogP) is 8.99. The first-order chi connectivity index (χ1) is 29.2. The van der Waals surface area contributed by atoms with E-state index in [2.05, 4.69) is 17.0 Å². The van der Waals surface area contributed by atoms with E-state index in [1.807, 2.05) is 12.1 Å². The Labute approximate surface area is 361 Å². The third-order valence-electron chi connectivity index (χ3n) is 10.4. The molecule has 0 saturated heterocycles. The molecule has 0 aliphatic carbocycles. The number of ether oxygens (including phenoxy) is 4. The molecular formula is C44H68FN6O9P. The Balaban J connectivity index is 1.52. The van der Waals surface area contributed by atoms with Crippen molar-refractivity contribution in [2.45, 2.75) is 147 Å². The Morgan fingerprint density at radius 3 is 2.10 bits per heavy atom. The average molecular weight is 875 g/mol. The third kappa shape index (κ3) is 19.5. The van der Waals surface area contributed by atoms with Gasteiger partial charge in [-0.1, -0.05) is 103 Å². The fourth-order valence-corrected chi connectivity index (χ4v) is 7.75. The van der Waals surface area contributed by atoms with Crippen LogP contribution in [0.5, 0.6) is 5.75 Å². The van der Waals surface area contributed by atoms with Crippen molar-refractivity contribution in [1.82, 2.24) is 14.6 Å². The van der Waals surface area contributed by atoms with E-state index in [4.69, 9.17) is 33.7 Å². The molecule has 17 heteroatoms. The summed E-state index contributed by atoms with van der Waals surface area (Å²) in [5.41, 5.74) is 5.05. The minimum Gasteiger partial charge on any atom is -0.493 e. The number of benzene rings is 1. The highest BCUT2D eigenvalue weighted by molar-refractivity contribution is 7.47. The second-order valence-electron chi connectivity index (χ2n) is 16.1. The van der Waals surface area contributed by atoms with Crippen LogP contribution in [0.15, 0.2) is 36.7 Å². The number of aliphatic hydroxyl groups is 1. The number of hydrogen-bond acceptors (Lipinski definition) is 13. The highest BCUT2D eigenvalue weighted by atomic mass is 31.2. The molecule has 1 aromatic carbocycles. The van der Waals surface area contributed by atoms with E-state index in [0.717, 1.165) is 31.4 Å². The fourth-order valence-electron chi connectivity index (χ4n) is 6.92. The molecule has 2 aromatic heterocycles. The molecule has 61 heavy (non-hydrogen) atoms. The van der Waals surface area contributed by atoms with Crippen LogP contribution in [0.2, 0.25) is 0 Å². The van der Waals surface area contributed by atoms with Gasteiger partial charge in [-0.05, 0) is 44.5 Å². The third-order valence-corrected chi connectivity index (χ3v) is 11.3. The number of rotatable bonds is 34. The van der Waals surface area contributed by atoms with Crippen molar-refractivity contribution in [2.24, 2.45) is 5.92 Å². The molecule has 0 aliphatic rings. The van der Waals surface area contributed by atoms with Gasteiger partial charge in [-0.15, -0.1) is 0 Å². The molecule has 0 fully saturated rings. The van der Waals surface area contributed by atoms with Crippen molar-refractivity contribution in [3.8, 4) is 17.9 Å². The lowest BCUT2D eigenvalue weighted by Crippen LogP contribution is -2.52. The monoisotopic (exact) mass is 874 g/mol. The number of halogens is 1. The van der Waals surface area contributed by atoms with Gasteiger partial charge in [0.2, 0.25) is 5.60 Å². The van der Waals surface area contributed by atoms with Crippen LogP contribution in [0, 0.1) is 34.4 Å². The Bertz CT molecular complexity index is 1850. The number of anilines is 1. The predicted molar refractivity (Wildman–Crippen MR) is 230 cm³/mol. The maximum atomic E-state index is 14.1. The smallest absolute Gasteiger partial charge is 0.472 e. The zero-order chi connectivity index (χ0) is 44.6. The van der Waals surface area contributed by atoms with Gasteiger partial charge < -0.3 is 34.7 Å². The van der Waals surface area contributed by atoms with Crippen molar-refractivity contribution in [3.63, 3.8) is 0 Å². The zero-order valence-corrected chi connectivity index (χ0v) is 37.5. The molecule has 15 nitrogen and oxygen atoms in total. The van der Waals surface area contributed by atoms with Gasteiger partial charge in [0.05, 0.1) is 31.5 Å². The summed E-state index contributed by atoms with van der Waals surface area (Å²) in [7, 11) is -3.67. The average Bonchev–Trinajstić information content (AvgIpc) is 3.64. The standard InChI is InChI=1S/C44H68FN6O9P/c1-5-6-7-8-9-10-11-12-13-14-15-16-17-18-19-20-23-56-29-36(30-57-39-25-35(28-46)24-37(45)26-39)31-58-61(53,54)59-33-44(32-47,55-4)41(60-43(2,3)52)27-38-21-22-40-42(48)49-34-50-51(38)40/h21-22,24-26,34,36,41,52H,5-20,23,27,29-31,33H2,1-4H3,(H,53,54)(H2,48,49,50)/t36?,41-,44+/m0/s1. The number of methoxy groups -OCH3 is 1. The van der Waals surface area contributed by atoms with Crippen molar-refractivity contribution in [2.75, 3.05) is 45.9 Å². The lowest BCUT2D eigenvalue weighted by Gasteiger charge is -2.36. The van der Waals surface area contributed by atoms with Crippen LogP contribution >= 0.6 is 7.82 Å². The van der Waals surface area contributed by atoms with Crippen molar-refractivity contribution in [3.05, 3.63) is 53.7 Å². The van der Waals surface area contributed by atoms with Crippen LogP contribution in [0.3, 0.4) is 0 Å². The van der Waals surface area contributed by atoms with Crippen molar-refractivity contribution < 1.29 is 47.0 Å². The number of nitrogen functional groups attached to an aromatic ring is 1. The molecule has 0 aliphatic heterocycles. The van der Waals surface area contributed by atoms with Crippen LogP contribution in [-0.4, -0.2) is 82.2 Å². The molecule has 3 rings (SSSR count). The fraction of sp³-hybridized carbons (Fsp3) is 0.682. The van der Waals surface area contributed by atoms with Crippen molar-refractivity contribution >= 4 is 19.2 Å². The Kier molecular flexibility index (Phi) is 23.2. The quantitative estimate of drug-likeness (QED) is 0.0290. The first kappa shape index (κ1) is 51.6. The van der Waals surface area contributed by atoms with Crippen LogP contribution in [0.4, 0.5) is 10.2 Å². The van der Waals surface area contributed by atoms with E-state index < -0.39 is 43.7 Å². The van der Waals surface area contributed by atoms with E-state index in [1.165, 1.54) is 121 Å². The second-order valence-corrected chi connectivity index (χ2v) is 17.6. The van der Waals surface area contributed by atoms with Gasteiger partial charge >= 0.3 is 7.82 Å².